The molecule has 80 valence electrons. The predicted molar refractivity (Wildman–Crippen MR) is 63.7 cm³/mol. The first-order valence-corrected chi connectivity index (χ1v) is 5.50. The van der Waals surface area contributed by atoms with Gasteiger partial charge in [-0.2, -0.15) is 0 Å². The number of fused-ring (bicyclic) bond motifs is 1. The van der Waals surface area contributed by atoms with E-state index in [1.165, 1.54) is 5.57 Å². The van der Waals surface area contributed by atoms with Gasteiger partial charge >= 0.3 is 0 Å². The summed E-state index contributed by atoms with van der Waals surface area (Å²) in [5.74, 6) is 0.828. The lowest BCUT2D eigenvalue weighted by atomic mass is 9.84. The van der Waals surface area contributed by atoms with Crippen molar-refractivity contribution in [1.29, 1.82) is 5.41 Å². The van der Waals surface area contributed by atoms with Crippen LogP contribution in [0.2, 0.25) is 0 Å². The third-order valence-electron chi connectivity index (χ3n) is 3.30. The zero-order valence-electron chi connectivity index (χ0n) is 9.22. The van der Waals surface area contributed by atoms with Gasteiger partial charge in [0, 0.05) is 17.3 Å². The Labute approximate surface area is 91.1 Å². The Morgan fingerprint density at radius 1 is 1.47 bits per heavy atom. The summed E-state index contributed by atoms with van der Waals surface area (Å²) in [6, 6.07) is 0. The van der Waals surface area contributed by atoms with Gasteiger partial charge in [-0.25, -0.2) is 0 Å². The Morgan fingerprint density at radius 3 is 2.93 bits per heavy atom. The number of nitrogens with two attached hydrogens (primary N) is 1. The van der Waals surface area contributed by atoms with E-state index in [1.54, 1.807) is 0 Å². The molecule has 2 heteroatoms. The van der Waals surface area contributed by atoms with Gasteiger partial charge in [0.2, 0.25) is 0 Å². The van der Waals surface area contributed by atoms with Gasteiger partial charge in [0.15, 0.2) is 0 Å². The van der Waals surface area contributed by atoms with Crippen LogP contribution in [0.4, 0.5) is 0 Å². The molecule has 0 saturated heterocycles. The molecule has 15 heavy (non-hydrogen) atoms. The van der Waals surface area contributed by atoms with Crippen molar-refractivity contribution in [2.24, 2.45) is 17.6 Å². The Kier molecular flexibility index (Phi) is 2.51. The van der Waals surface area contributed by atoms with Gasteiger partial charge in [-0.1, -0.05) is 25.2 Å². The molecular formula is C13H18N2. The van der Waals surface area contributed by atoms with Crippen molar-refractivity contribution >= 4 is 5.71 Å². The van der Waals surface area contributed by atoms with E-state index in [4.69, 9.17) is 11.1 Å². The molecule has 3 N–H and O–H groups in total. The molecule has 0 bridgehead atoms. The quantitative estimate of drug-likeness (QED) is 0.623. The molecule has 0 aromatic carbocycles. The molecular weight excluding hydrogens is 184 g/mol. The lowest BCUT2D eigenvalue weighted by Crippen LogP contribution is -2.18. The summed E-state index contributed by atoms with van der Waals surface area (Å²) in [6.45, 7) is 6.23. The van der Waals surface area contributed by atoms with Gasteiger partial charge in [-0.15, -0.1) is 0 Å². The first kappa shape index (κ1) is 10.2. The molecule has 2 aliphatic carbocycles. The molecule has 2 atom stereocenters. The summed E-state index contributed by atoms with van der Waals surface area (Å²) in [5.41, 5.74) is 9.71. The fraction of sp³-hybridized carbons (Fsp3) is 0.462. The van der Waals surface area contributed by atoms with Crippen LogP contribution in [0.3, 0.4) is 0 Å². The number of hydrogen-bond donors (Lipinski definition) is 2. The molecule has 0 radical (unpaired) electrons. The van der Waals surface area contributed by atoms with Crippen LogP contribution < -0.4 is 5.73 Å². The Morgan fingerprint density at radius 2 is 2.20 bits per heavy atom. The minimum absolute atomic E-state index is 0.245. The van der Waals surface area contributed by atoms with E-state index in [1.807, 2.05) is 6.08 Å². The molecule has 0 amide bonds. The second-order valence-corrected chi connectivity index (χ2v) is 4.74. The van der Waals surface area contributed by atoms with Crippen LogP contribution in [0, 0.1) is 17.2 Å². The van der Waals surface area contributed by atoms with Gasteiger partial charge in [0.1, 0.15) is 0 Å². The fourth-order valence-corrected chi connectivity index (χ4v) is 2.53. The Hall–Kier alpha value is -1.31. The lowest BCUT2D eigenvalue weighted by molar-refractivity contribution is 0.569. The van der Waals surface area contributed by atoms with Gasteiger partial charge < -0.3 is 11.1 Å². The van der Waals surface area contributed by atoms with E-state index in [9.17, 15) is 0 Å². The van der Waals surface area contributed by atoms with Gasteiger partial charge in [0.25, 0.3) is 0 Å². The van der Waals surface area contributed by atoms with Crippen molar-refractivity contribution in [3.63, 3.8) is 0 Å². The van der Waals surface area contributed by atoms with Crippen molar-refractivity contribution in [1.82, 2.24) is 0 Å². The van der Waals surface area contributed by atoms with Crippen molar-refractivity contribution in [2.75, 3.05) is 0 Å². The highest BCUT2D eigenvalue weighted by Crippen LogP contribution is 2.36. The molecule has 2 nitrogen and oxygen atoms in total. The van der Waals surface area contributed by atoms with E-state index in [0.29, 0.717) is 11.6 Å². The molecule has 2 unspecified atom stereocenters. The van der Waals surface area contributed by atoms with E-state index in [-0.39, 0.29) is 5.92 Å². The molecule has 1 fully saturated rings. The SMILES string of the molecule is C=C1CC(C)CC2=CC(N)=CCC2C1=N. The molecule has 2 aliphatic rings. The minimum atomic E-state index is 0.245. The number of allylic oxidation sites excluding steroid dienone is 4. The van der Waals surface area contributed by atoms with Gasteiger partial charge in [0.05, 0.1) is 0 Å². The Bertz CT molecular complexity index is 374. The van der Waals surface area contributed by atoms with Gasteiger partial charge in [-0.3, -0.25) is 0 Å². The number of nitrogens with one attached hydrogen (secondary N) is 1. The molecule has 0 heterocycles. The fourth-order valence-electron chi connectivity index (χ4n) is 2.53. The average molecular weight is 202 g/mol. The van der Waals surface area contributed by atoms with Gasteiger partial charge in [-0.05, 0) is 36.8 Å². The second kappa shape index (κ2) is 3.69. The number of rotatable bonds is 0. The molecule has 1 saturated carbocycles. The standard InChI is InChI=1S/C13H18N2/c1-8-5-9(2)13(15)12-4-3-11(14)7-10(12)6-8/h3,7-8,12,15H,2,4-6,14H2,1H3. The van der Waals surface area contributed by atoms with Crippen molar-refractivity contribution in [3.05, 3.63) is 35.6 Å². The van der Waals surface area contributed by atoms with Crippen molar-refractivity contribution < 1.29 is 0 Å². The first-order valence-electron chi connectivity index (χ1n) is 5.50. The zero-order chi connectivity index (χ0) is 11.0. The second-order valence-electron chi connectivity index (χ2n) is 4.74. The van der Waals surface area contributed by atoms with Crippen LogP contribution >= 0.6 is 0 Å². The molecule has 0 spiro atoms. The smallest absolute Gasteiger partial charge is 0.0414 e. The van der Waals surface area contributed by atoms with E-state index in [0.717, 1.165) is 30.5 Å². The number of hydrogen-bond acceptors (Lipinski definition) is 2. The predicted octanol–water partition coefficient (Wildman–Crippen LogP) is 2.78. The van der Waals surface area contributed by atoms with Crippen LogP contribution in [-0.2, 0) is 0 Å². The third-order valence-corrected chi connectivity index (χ3v) is 3.30. The maximum absolute atomic E-state index is 8.10. The van der Waals surface area contributed by atoms with E-state index >= 15 is 0 Å². The highest BCUT2D eigenvalue weighted by Gasteiger charge is 2.28. The zero-order valence-corrected chi connectivity index (χ0v) is 9.22. The molecule has 0 aromatic heterocycles. The van der Waals surface area contributed by atoms with Crippen LogP contribution in [0.25, 0.3) is 0 Å². The lowest BCUT2D eigenvalue weighted by Gasteiger charge is -2.22. The van der Waals surface area contributed by atoms with Crippen LogP contribution in [0.1, 0.15) is 26.2 Å². The minimum Gasteiger partial charge on any atom is -0.399 e. The Balaban J connectivity index is 2.34. The van der Waals surface area contributed by atoms with E-state index in [2.05, 4.69) is 19.6 Å². The summed E-state index contributed by atoms with van der Waals surface area (Å²) in [5, 5.41) is 8.10. The summed E-state index contributed by atoms with van der Waals surface area (Å²) in [4.78, 5) is 0. The maximum Gasteiger partial charge on any atom is 0.0414 e. The first-order chi connectivity index (χ1) is 7.08. The summed E-state index contributed by atoms with van der Waals surface area (Å²) in [7, 11) is 0. The van der Waals surface area contributed by atoms with Crippen LogP contribution in [0.15, 0.2) is 35.6 Å². The maximum atomic E-state index is 8.10. The largest absolute Gasteiger partial charge is 0.399 e. The molecule has 2 rings (SSSR count). The average Bonchev–Trinajstić information content (AvgIpc) is 2.25. The summed E-state index contributed by atoms with van der Waals surface area (Å²) in [6.07, 6.45) is 6.96. The monoisotopic (exact) mass is 202 g/mol. The van der Waals surface area contributed by atoms with Crippen LogP contribution in [-0.4, -0.2) is 5.71 Å². The van der Waals surface area contributed by atoms with E-state index < -0.39 is 0 Å². The van der Waals surface area contributed by atoms with Crippen molar-refractivity contribution in [2.45, 2.75) is 26.2 Å². The third kappa shape index (κ3) is 1.89. The summed E-state index contributed by atoms with van der Waals surface area (Å²) < 4.78 is 0. The summed E-state index contributed by atoms with van der Waals surface area (Å²) >= 11 is 0. The topological polar surface area (TPSA) is 49.9 Å². The molecule has 0 aromatic rings. The van der Waals surface area contributed by atoms with Crippen LogP contribution in [0.5, 0.6) is 0 Å². The molecule has 0 aliphatic heterocycles. The highest BCUT2D eigenvalue weighted by molar-refractivity contribution is 6.01. The van der Waals surface area contributed by atoms with Crippen molar-refractivity contribution in [3.8, 4) is 0 Å². The normalized spacial score (nSPS) is 31.5. The highest BCUT2D eigenvalue weighted by atomic mass is 14.6.